The van der Waals surface area contributed by atoms with Gasteiger partial charge in [0.2, 0.25) is 10.0 Å². The molecule has 0 aliphatic heterocycles. The summed E-state index contributed by atoms with van der Waals surface area (Å²) in [4.78, 5) is 0.0885. The average Bonchev–Trinajstić information content (AvgIpc) is 2.38. The highest BCUT2D eigenvalue weighted by Crippen LogP contribution is 2.30. The summed E-state index contributed by atoms with van der Waals surface area (Å²) in [5, 5.41) is 0.590. The average molecular weight is 340 g/mol. The van der Waals surface area contributed by atoms with Crippen LogP contribution in [-0.2, 0) is 14.8 Å². The van der Waals surface area contributed by atoms with Crippen LogP contribution in [0.1, 0.15) is 18.9 Å². The number of hydrogen-bond acceptors (Lipinski definition) is 3. The van der Waals surface area contributed by atoms with E-state index in [4.69, 9.17) is 27.9 Å². The minimum absolute atomic E-state index is 0.0885. The van der Waals surface area contributed by atoms with Gasteiger partial charge in [0.05, 0.1) is 11.6 Å². The van der Waals surface area contributed by atoms with E-state index in [1.807, 2.05) is 6.92 Å². The monoisotopic (exact) mass is 339 g/mol. The van der Waals surface area contributed by atoms with Gasteiger partial charge in [-0.2, -0.15) is 4.31 Å². The quantitative estimate of drug-likeness (QED) is 0.765. The molecule has 0 saturated carbocycles. The zero-order chi connectivity index (χ0) is 15.3. The Balaban J connectivity index is 3.22. The molecule has 0 amide bonds. The molecular formula is C13H19Cl2NO3S. The number of halogens is 2. The molecule has 20 heavy (non-hydrogen) atoms. The molecule has 0 saturated heterocycles. The van der Waals surface area contributed by atoms with Crippen LogP contribution in [0.15, 0.2) is 17.0 Å². The fourth-order valence-corrected chi connectivity index (χ4v) is 4.08. The van der Waals surface area contributed by atoms with Crippen molar-refractivity contribution in [2.45, 2.75) is 25.2 Å². The summed E-state index contributed by atoms with van der Waals surface area (Å²) in [7, 11) is -2.10. The van der Waals surface area contributed by atoms with Crippen LogP contribution in [0.3, 0.4) is 0 Å². The van der Waals surface area contributed by atoms with Crippen LogP contribution in [0.25, 0.3) is 0 Å². The van der Waals surface area contributed by atoms with Crippen LogP contribution in [0.5, 0.6) is 0 Å². The lowest BCUT2D eigenvalue weighted by atomic mass is 10.2. The van der Waals surface area contributed by atoms with Crippen LogP contribution in [0, 0.1) is 6.92 Å². The third kappa shape index (κ3) is 4.09. The summed E-state index contributed by atoms with van der Waals surface area (Å²) in [6.07, 6.45) is 0.715. The number of nitrogens with zero attached hydrogens (tertiary/aromatic N) is 1. The molecule has 0 unspecified atom stereocenters. The Hall–Kier alpha value is -0.330. The van der Waals surface area contributed by atoms with Crippen molar-refractivity contribution in [3.63, 3.8) is 0 Å². The van der Waals surface area contributed by atoms with Gasteiger partial charge >= 0.3 is 0 Å². The minimum Gasteiger partial charge on any atom is -0.383 e. The topological polar surface area (TPSA) is 46.6 Å². The lowest BCUT2D eigenvalue weighted by molar-refractivity contribution is 0.179. The molecule has 1 aromatic rings. The van der Waals surface area contributed by atoms with Crippen molar-refractivity contribution in [3.05, 3.63) is 27.7 Å². The maximum atomic E-state index is 12.7. The fourth-order valence-electron chi connectivity index (χ4n) is 1.76. The van der Waals surface area contributed by atoms with E-state index in [9.17, 15) is 8.42 Å². The lowest BCUT2D eigenvalue weighted by Crippen LogP contribution is -2.34. The zero-order valence-electron chi connectivity index (χ0n) is 11.8. The van der Waals surface area contributed by atoms with Crippen molar-refractivity contribution >= 4 is 33.2 Å². The van der Waals surface area contributed by atoms with Crippen molar-refractivity contribution in [2.75, 3.05) is 26.8 Å². The molecule has 0 heterocycles. The SMILES string of the molecule is CCCN(CCOC)S(=O)(=O)c1cc(C)c(Cl)cc1Cl. The van der Waals surface area contributed by atoms with Crippen molar-refractivity contribution in [3.8, 4) is 0 Å². The second kappa shape index (κ2) is 7.61. The Morgan fingerprint density at radius 1 is 1.20 bits per heavy atom. The van der Waals surface area contributed by atoms with E-state index in [1.54, 1.807) is 6.92 Å². The van der Waals surface area contributed by atoms with E-state index in [2.05, 4.69) is 0 Å². The molecule has 0 bridgehead atoms. The van der Waals surface area contributed by atoms with E-state index in [0.717, 1.165) is 0 Å². The highest BCUT2D eigenvalue weighted by molar-refractivity contribution is 7.89. The third-order valence-electron chi connectivity index (χ3n) is 2.85. The Bertz CT molecular complexity index is 561. The second-order valence-corrected chi connectivity index (χ2v) is 7.15. The Morgan fingerprint density at radius 2 is 1.85 bits per heavy atom. The molecule has 0 aromatic heterocycles. The third-order valence-corrected chi connectivity index (χ3v) is 5.62. The van der Waals surface area contributed by atoms with E-state index < -0.39 is 10.0 Å². The summed E-state index contributed by atoms with van der Waals surface area (Å²) in [6, 6.07) is 2.97. The van der Waals surface area contributed by atoms with Crippen LogP contribution in [0.4, 0.5) is 0 Å². The fraction of sp³-hybridized carbons (Fsp3) is 0.538. The van der Waals surface area contributed by atoms with Gasteiger partial charge in [-0.15, -0.1) is 0 Å². The first kappa shape index (κ1) is 17.7. The van der Waals surface area contributed by atoms with Gasteiger partial charge < -0.3 is 4.74 Å². The molecule has 0 fully saturated rings. The first-order valence-corrected chi connectivity index (χ1v) is 8.49. The van der Waals surface area contributed by atoms with Crippen LogP contribution < -0.4 is 0 Å². The lowest BCUT2D eigenvalue weighted by Gasteiger charge is -2.22. The van der Waals surface area contributed by atoms with Gasteiger partial charge in [-0.25, -0.2) is 8.42 Å². The van der Waals surface area contributed by atoms with Gasteiger partial charge in [0.1, 0.15) is 4.90 Å². The summed E-state index contributed by atoms with van der Waals surface area (Å²) in [5.74, 6) is 0. The van der Waals surface area contributed by atoms with Gasteiger partial charge in [0.25, 0.3) is 0 Å². The number of ether oxygens (including phenoxy) is 1. The van der Waals surface area contributed by atoms with Crippen molar-refractivity contribution in [2.24, 2.45) is 0 Å². The molecule has 114 valence electrons. The van der Waals surface area contributed by atoms with Crippen molar-refractivity contribution < 1.29 is 13.2 Å². The van der Waals surface area contributed by atoms with Gasteiger partial charge in [0, 0.05) is 25.2 Å². The first-order chi connectivity index (χ1) is 9.34. The normalized spacial score (nSPS) is 12.1. The molecule has 0 atom stereocenters. The minimum atomic E-state index is -3.64. The summed E-state index contributed by atoms with van der Waals surface area (Å²) in [5.41, 5.74) is 0.679. The molecule has 0 radical (unpaired) electrons. The van der Waals surface area contributed by atoms with Crippen LogP contribution in [0.2, 0.25) is 10.0 Å². The smallest absolute Gasteiger partial charge is 0.244 e. The van der Waals surface area contributed by atoms with Crippen LogP contribution in [-0.4, -0.2) is 39.5 Å². The van der Waals surface area contributed by atoms with Gasteiger partial charge in [-0.3, -0.25) is 0 Å². The first-order valence-electron chi connectivity index (χ1n) is 6.29. The number of methoxy groups -OCH3 is 1. The number of sulfonamides is 1. The highest BCUT2D eigenvalue weighted by atomic mass is 35.5. The number of aryl methyl sites for hydroxylation is 1. The number of benzene rings is 1. The van der Waals surface area contributed by atoms with E-state index in [1.165, 1.54) is 23.5 Å². The predicted molar refractivity (Wildman–Crippen MR) is 82.1 cm³/mol. The molecule has 0 aliphatic carbocycles. The zero-order valence-corrected chi connectivity index (χ0v) is 14.1. The summed E-state index contributed by atoms with van der Waals surface area (Å²) < 4.78 is 31.7. The van der Waals surface area contributed by atoms with Crippen molar-refractivity contribution in [1.82, 2.24) is 4.31 Å². The summed E-state index contributed by atoms with van der Waals surface area (Å²) >= 11 is 12.0. The predicted octanol–water partition coefficient (Wildman–Crippen LogP) is 3.35. The molecule has 4 nitrogen and oxygen atoms in total. The molecule has 1 rings (SSSR count). The Morgan fingerprint density at radius 3 is 2.40 bits per heavy atom. The Kier molecular flexibility index (Phi) is 6.75. The van der Waals surface area contributed by atoms with Gasteiger partial charge in [0.15, 0.2) is 0 Å². The number of rotatable bonds is 7. The molecule has 0 N–H and O–H groups in total. The molecule has 0 spiro atoms. The molecule has 1 aromatic carbocycles. The van der Waals surface area contributed by atoms with Crippen molar-refractivity contribution in [1.29, 1.82) is 0 Å². The largest absolute Gasteiger partial charge is 0.383 e. The molecule has 7 heteroatoms. The standard InChI is InChI=1S/C13H19Cl2NO3S/c1-4-5-16(6-7-19-3)20(17,18)13-8-10(2)11(14)9-12(13)15/h8-9H,4-7H2,1-3H3. The van der Waals surface area contributed by atoms with E-state index in [-0.39, 0.29) is 9.92 Å². The van der Waals surface area contributed by atoms with Gasteiger partial charge in [-0.05, 0) is 31.0 Å². The molecular weight excluding hydrogens is 321 g/mol. The molecule has 0 aliphatic rings. The van der Waals surface area contributed by atoms with E-state index in [0.29, 0.717) is 36.7 Å². The van der Waals surface area contributed by atoms with E-state index >= 15 is 0 Å². The summed E-state index contributed by atoms with van der Waals surface area (Å²) in [6.45, 7) is 4.72. The van der Waals surface area contributed by atoms with Crippen LogP contribution >= 0.6 is 23.2 Å². The second-order valence-electron chi connectivity index (χ2n) is 4.43. The van der Waals surface area contributed by atoms with Gasteiger partial charge in [-0.1, -0.05) is 30.1 Å². The number of hydrogen-bond donors (Lipinski definition) is 0. The highest BCUT2D eigenvalue weighted by Gasteiger charge is 2.26. The Labute approximate surface area is 130 Å². The maximum Gasteiger partial charge on any atom is 0.244 e. The maximum absolute atomic E-state index is 12.7.